The number of carboxylic acid groups (broad SMARTS) is 3. The number of nitrogens with zero attached hydrogens (tertiary/aromatic N) is 2. The van der Waals surface area contributed by atoms with Gasteiger partial charge in [0.2, 0.25) is 5.75 Å². The Bertz CT molecular complexity index is 1460. The molecule has 0 bridgehead atoms. The van der Waals surface area contributed by atoms with E-state index in [0.717, 1.165) is 12.1 Å². The summed E-state index contributed by atoms with van der Waals surface area (Å²) in [4.78, 5) is 49.0. The van der Waals surface area contributed by atoms with Crippen molar-refractivity contribution < 1.29 is 78.4 Å². The molecule has 0 amide bonds. The van der Waals surface area contributed by atoms with E-state index in [9.17, 15) is 24.5 Å². The number of rotatable bonds is 4. The molecular formula is C22H22Cl5N3O14. The molecule has 0 spiro atoms. The Labute approximate surface area is 273 Å². The van der Waals surface area contributed by atoms with E-state index in [1.807, 2.05) is 0 Å². The van der Waals surface area contributed by atoms with Crippen molar-refractivity contribution in [1.82, 2.24) is 0 Å². The van der Waals surface area contributed by atoms with Gasteiger partial charge in [-0.3, -0.25) is 10.1 Å². The molecule has 0 aromatic heterocycles. The summed E-state index contributed by atoms with van der Waals surface area (Å²) < 4.78 is 0. The largest absolute Gasteiger partial charge is 1.00 e. The molecule has 0 aliphatic carbocycles. The highest BCUT2D eigenvalue weighted by atomic mass is 35.5. The second-order valence-electron chi connectivity index (χ2n) is 6.87. The number of hydrogen-bond acceptors (Lipinski definition) is 10. The number of phenols is 3. The van der Waals surface area contributed by atoms with Crippen LogP contribution in [-0.2, 0) is 0 Å². The molecule has 22 heteroatoms. The Morgan fingerprint density at radius 3 is 1.41 bits per heavy atom. The molecule has 3 aromatic carbocycles. The summed E-state index contributed by atoms with van der Waals surface area (Å²) in [5.74, 6) is -4.54. The standard InChI is InChI=1S/C7H4ClNO5.C7H6ClNO3.C7H5ClO3.CH4.2ClH.HNO3/c8-4-1-3(7(11)12)2-5(6(4)10)9(13)14;8-4-1-3(7(11)12)2-5(9)6(4)10;8-5-3-4(7(10)11)1-2-6(5)9;;;;2-1(3)4/h1-2,10H,(H,11,12);1-2,10H,9H2,(H,11,12);1-3,9H,(H,10,11);1H4;2*1H;(H,2,3,4). The zero-order valence-electron chi connectivity index (χ0n) is 20.6. The van der Waals surface area contributed by atoms with Gasteiger partial charge in [0.15, 0.2) is 11.4 Å². The minimum Gasteiger partial charge on any atom is -1.00 e. The zero-order chi connectivity index (χ0) is 32.2. The number of aromatic carboxylic acids is 3. The number of phenolic OH excluding ortho intramolecular Hbond substituents is 3. The Morgan fingerprint density at radius 2 is 1.07 bits per heavy atom. The van der Waals surface area contributed by atoms with Gasteiger partial charge in [-0.05, 0) is 30.3 Å². The fourth-order valence-corrected chi connectivity index (χ4v) is 2.90. The van der Waals surface area contributed by atoms with Crippen LogP contribution in [0.3, 0.4) is 0 Å². The summed E-state index contributed by atoms with van der Waals surface area (Å²) in [5.41, 5.74) is 2.64. The lowest BCUT2D eigenvalue weighted by Crippen LogP contribution is -3.00. The highest BCUT2D eigenvalue weighted by Gasteiger charge is 2.20. The van der Waals surface area contributed by atoms with Gasteiger partial charge in [-0.25, -0.2) is 14.4 Å². The fourth-order valence-electron chi connectivity index (χ4n) is 2.27. The van der Waals surface area contributed by atoms with Crippen molar-refractivity contribution in [2.24, 2.45) is 0 Å². The van der Waals surface area contributed by atoms with Crippen molar-refractivity contribution in [3.63, 3.8) is 0 Å². The quantitative estimate of drug-likeness (QED) is 0.140. The van der Waals surface area contributed by atoms with E-state index in [1.165, 1.54) is 30.3 Å². The first kappa shape index (κ1) is 46.4. The van der Waals surface area contributed by atoms with E-state index in [0.29, 0.717) is 0 Å². The van der Waals surface area contributed by atoms with Gasteiger partial charge in [0, 0.05) is 12.1 Å². The number of carboxylic acids is 3. The maximum absolute atomic E-state index is 10.5. The molecule has 3 aromatic rings. The van der Waals surface area contributed by atoms with Crippen LogP contribution in [0.5, 0.6) is 17.2 Å². The van der Waals surface area contributed by atoms with Gasteiger partial charge < -0.3 is 54.0 Å². The van der Waals surface area contributed by atoms with E-state index in [1.54, 1.807) is 0 Å². The van der Waals surface area contributed by atoms with Crippen molar-refractivity contribution in [2.45, 2.75) is 7.43 Å². The molecule has 0 aliphatic heterocycles. The molecule has 0 fully saturated rings. The SMILES string of the molecule is C.Cl.O=C(O)c1cc(Cl)c(O)c([N+](=O)[O-])c1.O=C(O)c1ccc(O)c(Cl)c1.O=[N+]([O-])O.[Cl-].[NH3+]c1cc(C(=O)O)cc(Cl)c1O. The molecule has 0 aliphatic rings. The van der Waals surface area contributed by atoms with Gasteiger partial charge in [0.25, 0.3) is 5.09 Å². The molecule has 44 heavy (non-hydrogen) atoms. The second-order valence-corrected chi connectivity index (χ2v) is 8.09. The third kappa shape index (κ3) is 15.6. The predicted molar refractivity (Wildman–Crippen MR) is 152 cm³/mol. The van der Waals surface area contributed by atoms with Gasteiger partial charge in [-0.1, -0.05) is 42.2 Å². The third-order valence-electron chi connectivity index (χ3n) is 4.07. The average Bonchev–Trinajstić information content (AvgIpc) is 2.85. The predicted octanol–water partition coefficient (Wildman–Crippen LogP) is 1.73. The van der Waals surface area contributed by atoms with Crippen LogP contribution in [-0.4, -0.2) is 63.8 Å². The van der Waals surface area contributed by atoms with Crippen LogP contribution in [0.2, 0.25) is 15.1 Å². The first-order valence-electron chi connectivity index (χ1n) is 9.83. The number of carbonyl (C=O) groups is 3. The topological polar surface area (TPSA) is 307 Å². The van der Waals surface area contributed by atoms with E-state index >= 15 is 0 Å². The van der Waals surface area contributed by atoms with Crippen molar-refractivity contribution in [1.29, 1.82) is 0 Å². The Hall–Kier alpha value is -4.52. The fraction of sp³-hybridized carbons (Fsp3) is 0.0455. The van der Waals surface area contributed by atoms with Gasteiger partial charge in [0.05, 0.1) is 36.7 Å². The lowest BCUT2D eigenvalue weighted by Gasteiger charge is -2.00. The number of nitro groups is 1. The highest BCUT2D eigenvalue weighted by Crippen LogP contribution is 2.34. The molecule has 0 atom stereocenters. The van der Waals surface area contributed by atoms with Crippen molar-refractivity contribution >= 4 is 76.5 Å². The Balaban J connectivity index is -0.000000250. The molecule has 0 heterocycles. The van der Waals surface area contributed by atoms with E-state index in [-0.39, 0.29) is 81.2 Å². The van der Waals surface area contributed by atoms with Crippen LogP contribution < -0.4 is 18.1 Å². The van der Waals surface area contributed by atoms with Gasteiger partial charge in [0.1, 0.15) is 5.75 Å². The number of nitro benzene ring substituents is 1. The summed E-state index contributed by atoms with van der Waals surface area (Å²) in [6, 6.07) is 7.82. The van der Waals surface area contributed by atoms with E-state index in [2.05, 4.69) is 5.73 Å². The average molecular weight is 730 g/mol. The summed E-state index contributed by atoms with van der Waals surface area (Å²) in [6.45, 7) is 0. The first-order valence-corrected chi connectivity index (χ1v) is 11.0. The van der Waals surface area contributed by atoms with Gasteiger partial charge >= 0.3 is 23.6 Å². The van der Waals surface area contributed by atoms with Crippen LogP contribution in [0, 0.1) is 20.2 Å². The lowest BCUT2D eigenvalue weighted by molar-refractivity contribution is -0.742. The minimum atomic E-state index is -1.50. The second kappa shape index (κ2) is 21.2. The highest BCUT2D eigenvalue weighted by molar-refractivity contribution is 6.33. The molecule has 0 unspecified atom stereocenters. The van der Waals surface area contributed by atoms with Crippen LogP contribution in [0.1, 0.15) is 38.5 Å². The number of halogens is 5. The number of aromatic hydroxyl groups is 3. The minimum absolute atomic E-state index is 0. The van der Waals surface area contributed by atoms with Crippen LogP contribution in [0.15, 0.2) is 42.5 Å². The van der Waals surface area contributed by atoms with Crippen molar-refractivity contribution in [3.8, 4) is 17.2 Å². The monoisotopic (exact) mass is 727 g/mol. The van der Waals surface area contributed by atoms with Crippen LogP contribution >= 0.6 is 47.2 Å². The molecule has 17 nitrogen and oxygen atoms in total. The van der Waals surface area contributed by atoms with E-state index in [4.69, 9.17) is 80.8 Å². The summed E-state index contributed by atoms with van der Waals surface area (Å²) >= 11 is 16.3. The number of hydrogen-bond donors (Lipinski definition) is 8. The molecule has 10 N–H and O–H groups in total. The third-order valence-corrected chi connectivity index (χ3v) is 4.95. The maximum atomic E-state index is 10.5. The molecule has 0 saturated heterocycles. The van der Waals surface area contributed by atoms with Crippen molar-refractivity contribution in [3.05, 3.63) is 94.5 Å². The van der Waals surface area contributed by atoms with Crippen LogP contribution in [0.4, 0.5) is 11.4 Å². The molecular weight excluding hydrogens is 708 g/mol. The van der Waals surface area contributed by atoms with E-state index < -0.39 is 39.4 Å². The Kier molecular flexibility index (Phi) is 22.4. The van der Waals surface area contributed by atoms with Crippen LogP contribution in [0.25, 0.3) is 0 Å². The summed E-state index contributed by atoms with van der Waals surface area (Å²) in [5, 5.41) is 76.4. The van der Waals surface area contributed by atoms with Crippen molar-refractivity contribution in [2.75, 3.05) is 0 Å². The molecule has 0 radical (unpaired) electrons. The summed E-state index contributed by atoms with van der Waals surface area (Å²) in [7, 11) is 0. The first-order chi connectivity index (χ1) is 18.8. The van der Waals surface area contributed by atoms with Gasteiger partial charge in [-0.15, -0.1) is 22.5 Å². The number of benzene rings is 3. The number of quaternary nitrogens is 1. The normalized spacial score (nSPS) is 8.73. The lowest BCUT2D eigenvalue weighted by atomic mass is 10.2. The zero-order valence-corrected chi connectivity index (χ0v) is 24.4. The van der Waals surface area contributed by atoms with Gasteiger partial charge in [-0.2, -0.15) is 0 Å². The molecule has 0 saturated carbocycles. The molecule has 3 rings (SSSR count). The Morgan fingerprint density at radius 1 is 0.705 bits per heavy atom. The maximum Gasteiger partial charge on any atom is 0.335 e. The summed E-state index contributed by atoms with van der Waals surface area (Å²) in [6.07, 6.45) is 0. The smallest absolute Gasteiger partial charge is 0.335 e. The molecule has 244 valence electrons.